The zero-order chi connectivity index (χ0) is 24.2. The van der Waals surface area contributed by atoms with Crippen LogP contribution < -0.4 is 16.2 Å². The van der Waals surface area contributed by atoms with Crippen molar-refractivity contribution in [1.82, 2.24) is 9.55 Å². The Morgan fingerprint density at radius 3 is 2.54 bits per heavy atom. The number of nitrogens with zero attached hydrogens (tertiary/aromatic N) is 2. The molecule has 0 fully saturated rings. The van der Waals surface area contributed by atoms with Crippen LogP contribution in [-0.4, -0.2) is 21.4 Å². The number of carbonyl (C=O) groups is 2. The van der Waals surface area contributed by atoms with Crippen molar-refractivity contribution in [2.24, 2.45) is 0 Å². The van der Waals surface area contributed by atoms with Crippen LogP contribution in [-0.2, 0) is 19.4 Å². The predicted molar refractivity (Wildman–Crippen MR) is 137 cm³/mol. The van der Waals surface area contributed by atoms with Gasteiger partial charge >= 0.3 is 0 Å². The molecule has 8 heteroatoms. The standard InChI is InChI=1S/C27H24N4O3S/c32-23-9-3-4-15-31(23)17-18-10-12-20(13-11-18)29-26(34)24-21-7-1-2-8-22(21)35-27(24)30-25(33)19-6-5-14-28-16-19/h3-6,9-16H,1-2,7-8,17H2,(H,29,34)(H,30,33). The molecule has 2 N–H and O–H groups in total. The van der Waals surface area contributed by atoms with Crippen molar-refractivity contribution < 1.29 is 9.59 Å². The lowest BCUT2D eigenvalue weighted by Crippen LogP contribution is -2.19. The summed E-state index contributed by atoms with van der Waals surface area (Å²) in [4.78, 5) is 43.3. The number of carbonyl (C=O) groups excluding carboxylic acids is 2. The Kier molecular flexibility index (Phi) is 6.54. The number of aryl methyl sites for hydroxylation is 1. The fourth-order valence-corrected chi connectivity index (χ4v) is 5.52. The number of aromatic nitrogens is 2. The minimum Gasteiger partial charge on any atom is -0.322 e. The van der Waals surface area contributed by atoms with E-state index in [1.165, 1.54) is 23.6 Å². The van der Waals surface area contributed by atoms with Gasteiger partial charge in [-0.15, -0.1) is 11.3 Å². The van der Waals surface area contributed by atoms with Gasteiger partial charge in [-0.1, -0.05) is 18.2 Å². The highest BCUT2D eigenvalue weighted by Gasteiger charge is 2.26. The number of hydrogen-bond donors (Lipinski definition) is 2. The average Bonchev–Trinajstić information content (AvgIpc) is 3.25. The lowest BCUT2D eigenvalue weighted by atomic mass is 9.95. The molecule has 1 aliphatic carbocycles. The fraction of sp³-hybridized carbons (Fsp3) is 0.185. The first-order valence-corrected chi connectivity index (χ1v) is 12.3. The Balaban J connectivity index is 1.36. The Labute approximate surface area is 206 Å². The molecule has 0 bridgehead atoms. The van der Waals surface area contributed by atoms with Gasteiger partial charge in [-0.2, -0.15) is 0 Å². The summed E-state index contributed by atoms with van der Waals surface area (Å²) >= 11 is 1.48. The van der Waals surface area contributed by atoms with Crippen LogP contribution >= 0.6 is 11.3 Å². The summed E-state index contributed by atoms with van der Waals surface area (Å²) in [5, 5.41) is 6.50. The van der Waals surface area contributed by atoms with Crippen molar-refractivity contribution >= 4 is 33.8 Å². The molecule has 176 valence electrons. The topological polar surface area (TPSA) is 93.1 Å². The molecule has 0 saturated heterocycles. The number of nitrogens with one attached hydrogen (secondary N) is 2. The van der Waals surface area contributed by atoms with Crippen molar-refractivity contribution in [2.75, 3.05) is 10.6 Å². The second-order valence-electron chi connectivity index (χ2n) is 8.43. The quantitative estimate of drug-likeness (QED) is 0.414. The summed E-state index contributed by atoms with van der Waals surface area (Å²) in [5.74, 6) is -0.524. The molecule has 2 amide bonds. The monoisotopic (exact) mass is 484 g/mol. The Morgan fingerprint density at radius 1 is 0.943 bits per heavy atom. The van der Waals surface area contributed by atoms with Gasteiger partial charge < -0.3 is 15.2 Å². The first kappa shape index (κ1) is 22.7. The second kappa shape index (κ2) is 10.1. The van der Waals surface area contributed by atoms with Crippen molar-refractivity contribution in [2.45, 2.75) is 32.2 Å². The van der Waals surface area contributed by atoms with Crippen molar-refractivity contribution in [3.8, 4) is 0 Å². The number of rotatable bonds is 6. The molecule has 4 aromatic rings. The van der Waals surface area contributed by atoms with Crippen LogP contribution in [0.1, 0.15) is 49.6 Å². The predicted octanol–water partition coefficient (Wildman–Crippen LogP) is 4.74. The van der Waals surface area contributed by atoms with Crippen LogP contribution in [0.5, 0.6) is 0 Å². The van der Waals surface area contributed by atoms with E-state index in [0.717, 1.165) is 41.7 Å². The van der Waals surface area contributed by atoms with Crippen LogP contribution in [0, 0.1) is 0 Å². The van der Waals surface area contributed by atoms with E-state index >= 15 is 0 Å². The van der Waals surface area contributed by atoms with E-state index in [0.29, 0.717) is 28.4 Å². The molecule has 0 unspecified atom stereocenters. The van der Waals surface area contributed by atoms with Gasteiger partial charge in [0.25, 0.3) is 17.4 Å². The van der Waals surface area contributed by atoms with Gasteiger partial charge in [0.2, 0.25) is 0 Å². The zero-order valence-corrected chi connectivity index (χ0v) is 19.8. The van der Waals surface area contributed by atoms with Gasteiger partial charge in [0.15, 0.2) is 0 Å². The number of pyridine rings is 2. The van der Waals surface area contributed by atoms with Gasteiger partial charge in [0.1, 0.15) is 5.00 Å². The SMILES string of the molecule is O=C(Nc1sc2c(c1C(=O)Nc1ccc(Cn3ccccc3=O)cc1)CCCC2)c1cccnc1. The number of anilines is 2. The molecule has 0 atom stereocenters. The van der Waals surface area contributed by atoms with Gasteiger partial charge in [-0.3, -0.25) is 19.4 Å². The molecule has 3 heterocycles. The summed E-state index contributed by atoms with van der Waals surface area (Å²) in [6, 6.07) is 15.9. The molecule has 7 nitrogen and oxygen atoms in total. The fourth-order valence-electron chi connectivity index (χ4n) is 4.24. The number of amides is 2. The maximum Gasteiger partial charge on any atom is 0.258 e. The number of fused-ring (bicyclic) bond motifs is 1. The molecule has 0 spiro atoms. The maximum atomic E-state index is 13.4. The third-order valence-electron chi connectivity index (χ3n) is 6.01. The lowest BCUT2D eigenvalue weighted by molar-refractivity contribution is 0.102. The van der Waals surface area contributed by atoms with E-state index in [4.69, 9.17) is 0 Å². The highest BCUT2D eigenvalue weighted by molar-refractivity contribution is 7.17. The summed E-state index contributed by atoms with van der Waals surface area (Å²) in [6.07, 6.45) is 8.71. The Hall–Kier alpha value is -4.04. The zero-order valence-electron chi connectivity index (χ0n) is 19.0. The van der Waals surface area contributed by atoms with Crippen LogP contribution in [0.4, 0.5) is 10.7 Å². The van der Waals surface area contributed by atoms with Gasteiger partial charge in [0, 0.05) is 35.2 Å². The normalized spacial score (nSPS) is 12.6. The van der Waals surface area contributed by atoms with E-state index in [-0.39, 0.29) is 17.4 Å². The second-order valence-corrected chi connectivity index (χ2v) is 9.53. The smallest absolute Gasteiger partial charge is 0.258 e. The number of hydrogen-bond acceptors (Lipinski definition) is 5. The molecule has 0 aliphatic heterocycles. The van der Waals surface area contributed by atoms with E-state index in [9.17, 15) is 14.4 Å². The van der Waals surface area contributed by atoms with E-state index in [1.54, 1.807) is 35.2 Å². The summed E-state index contributed by atoms with van der Waals surface area (Å²) in [7, 11) is 0. The molecule has 0 radical (unpaired) electrons. The minimum atomic E-state index is -0.286. The Bertz CT molecular complexity index is 1430. The molecular weight excluding hydrogens is 460 g/mol. The summed E-state index contributed by atoms with van der Waals surface area (Å²) in [5.41, 5.74) is 3.56. The summed E-state index contributed by atoms with van der Waals surface area (Å²) < 4.78 is 1.63. The van der Waals surface area contributed by atoms with E-state index in [2.05, 4.69) is 15.6 Å². The highest BCUT2D eigenvalue weighted by Crippen LogP contribution is 2.38. The third kappa shape index (κ3) is 5.07. The van der Waals surface area contributed by atoms with Crippen molar-refractivity contribution in [3.63, 3.8) is 0 Å². The largest absolute Gasteiger partial charge is 0.322 e. The molecular formula is C27H24N4O3S. The molecule has 5 rings (SSSR count). The molecule has 1 aliphatic rings. The highest BCUT2D eigenvalue weighted by atomic mass is 32.1. The van der Waals surface area contributed by atoms with E-state index < -0.39 is 0 Å². The van der Waals surface area contributed by atoms with Crippen molar-refractivity contribution in [1.29, 1.82) is 0 Å². The average molecular weight is 485 g/mol. The van der Waals surface area contributed by atoms with Crippen LogP contribution in [0.25, 0.3) is 0 Å². The summed E-state index contributed by atoms with van der Waals surface area (Å²) in [6.45, 7) is 0.455. The number of thiophene rings is 1. The van der Waals surface area contributed by atoms with Crippen molar-refractivity contribution in [3.05, 3.63) is 111 Å². The lowest BCUT2D eigenvalue weighted by Gasteiger charge is -2.14. The van der Waals surface area contributed by atoms with Gasteiger partial charge in [0.05, 0.1) is 17.7 Å². The van der Waals surface area contributed by atoms with Crippen LogP contribution in [0.3, 0.4) is 0 Å². The maximum absolute atomic E-state index is 13.4. The number of benzene rings is 1. The molecule has 0 saturated carbocycles. The Morgan fingerprint density at radius 2 is 1.77 bits per heavy atom. The van der Waals surface area contributed by atoms with Crippen LogP contribution in [0.15, 0.2) is 78.0 Å². The molecule has 35 heavy (non-hydrogen) atoms. The van der Waals surface area contributed by atoms with E-state index in [1.807, 2.05) is 30.3 Å². The first-order valence-electron chi connectivity index (χ1n) is 11.5. The van der Waals surface area contributed by atoms with Gasteiger partial charge in [-0.05, 0) is 67.1 Å². The van der Waals surface area contributed by atoms with Gasteiger partial charge in [-0.25, -0.2) is 0 Å². The third-order valence-corrected chi connectivity index (χ3v) is 7.22. The molecule has 3 aromatic heterocycles. The minimum absolute atomic E-state index is 0.0621. The first-order chi connectivity index (χ1) is 17.1. The van der Waals surface area contributed by atoms with Crippen LogP contribution in [0.2, 0.25) is 0 Å². The molecule has 1 aromatic carbocycles.